The molecule has 0 saturated heterocycles. The summed E-state index contributed by atoms with van der Waals surface area (Å²) < 4.78 is 3.59. The van der Waals surface area contributed by atoms with Crippen LogP contribution in [0.5, 0.6) is 0 Å². The highest BCUT2D eigenvalue weighted by Gasteiger charge is 2.27. The summed E-state index contributed by atoms with van der Waals surface area (Å²) in [6, 6.07) is 7.66. The lowest BCUT2D eigenvalue weighted by Gasteiger charge is -2.26. The number of aryl methyl sites for hydroxylation is 3. The van der Waals surface area contributed by atoms with E-state index in [9.17, 15) is 4.79 Å². The molecular formula is C17H20N4O. The second-order valence-corrected chi connectivity index (χ2v) is 6.05. The maximum Gasteiger partial charge on any atom is 0.251 e. The zero-order valence-electron chi connectivity index (χ0n) is 13.3. The van der Waals surface area contributed by atoms with Crippen molar-refractivity contribution in [2.75, 3.05) is 0 Å². The molecular weight excluding hydrogens is 276 g/mol. The predicted molar refractivity (Wildman–Crippen MR) is 87.8 cm³/mol. The molecule has 0 saturated carbocycles. The number of imidazole rings is 1. The molecule has 0 aliphatic rings. The van der Waals surface area contributed by atoms with Gasteiger partial charge in [0, 0.05) is 25.5 Å². The van der Waals surface area contributed by atoms with Crippen LogP contribution in [-0.2, 0) is 19.6 Å². The minimum atomic E-state index is -0.652. The van der Waals surface area contributed by atoms with Crippen molar-refractivity contribution >= 4 is 10.9 Å². The average molecular weight is 296 g/mol. The molecule has 3 rings (SSSR count). The molecule has 0 aliphatic heterocycles. The Morgan fingerprint density at radius 3 is 2.59 bits per heavy atom. The number of nitrogens with zero attached hydrogens (tertiary/aromatic N) is 3. The maximum absolute atomic E-state index is 11.9. The van der Waals surface area contributed by atoms with Gasteiger partial charge in [0.2, 0.25) is 0 Å². The fourth-order valence-corrected chi connectivity index (χ4v) is 2.95. The van der Waals surface area contributed by atoms with Gasteiger partial charge in [-0.15, -0.1) is 0 Å². The van der Waals surface area contributed by atoms with E-state index in [4.69, 9.17) is 5.73 Å². The molecule has 5 heteroatoms. The summed E-state index contributed by atoms with van der Waals surface area (Å²) in [6.07, 6.45) is 3.54. The van der Waals surface area contributed by atoms with E-state index < -0.39 is 5.54 Å². The SMILES string of the molecule is Cc1cc(=O)n(C)c2ccc(C(C)(N)c3cncn3C)cc12. The van der Waals surface area contributed by atoms with Crippen molar-refractivity contribution in [2.24, 2.45) is 19.8 Å². The largest absolute Gasteiger partial charge is 0.336 e. The molecule has 0 aliphatic carbocycles. The van der Waals surface area contributed by atoms with Crippen molar-refractivity contribution in [3.8, 4) is 0 Å². The van der Waals surface area contributed by atoms with Crippen LogP contribution in [0.15, 0.2) is 41.6 Å². The smallest absolute Gasteiger partial charge is 0.251 e. The van der Waals surface area contributed by atoms with Crippen LogP contribution in [0, 0.1) is 6.92 Å². The molecule has 1 atom stereocenters. The molecule has 0 amide bonds. The standard InChI is InChI=1S/C17H20N4O/c1-11-7-16(22)21(4)14-6-5-12(8-13(11)14)17(2,18)15-9-19-10-20(15)3/h5-10H,18H2,1-4H3. The van der Waals surface area contributed by atoms with Gasteiger partial charge in [0.15, 0.2) is 0 Å². The van der Waals surface area contributed by atoms with E-state index in [1.54, 1.807) is 30.2 Å². The van der Waals surface area contributed by atoms with Gasteiger partial charge in [-0.05, 0) is 37.1 Å². The summed E-state index contributed by atoms with van der Waals surface area (Å²) in [4.78, 5) is 16.1. The van der Waals surface area contributed by atoms with E-state index in [0.29, 0.717) is 0 Å². The number of aromatic nitrogens is 3. The Hall–Kier alpha value is -2.40. The topological polar surface area (TPSA) is 65.8 Å². The minimum Gasteiger partial charge on any atom is -0.336 e. The van der Waals surface area contributed by atoms with Crippen molar-refractivity contribution in [2.45, 2.75) is 19.4 Å². The van der Waals surface area contributed by atoms with Crippen molar-refractivity contribution in [3.63, 3.8) is 0 Å². The van der Waals surface area contributed by atoms with Gasteiger partial charge in [-0.2, -0.15) is 0 Å². The highest BCUT2D eigenvalue weighted by atomic mass is 16.1. The molecule has 3 aromatic rings. The van der Waals surface area contributed by atoms with E-state index in [2.05, 4.69) is 11.1 Å². The molecule has 0 fully saturated rings. The summed E-state index contributed by atoms with van der Waals surface area (Å²) in [7, 11) is 3.72. The van der Waals surface area contributed by atoms with Crippen LogP contribution in [0.1, 0.15) is 23.7 Å². The second-order valence-electron chi connectivity index (χ2n) is 6.05. The first-order valence-electron chi connectivity index (χ1n) is 7.19. The van der Waals surface area contributed by atoms with Crippen molar-refractivity contribution in [3.05, 3.63) is 64.0 Å². The zero-order valence-corrected chi connectivity index (χ0v) is 13.3. The Bertz CT molecular complexity index is 918. The van der Waals surface area contributed by atoms with Crippen LogP contribution in [0.25, 0.3) is 10.9 Å². The lowest BCUT2D eigenvalue weighted by Crippen LogP contribution is -2.36. The first kappa shape index (κ1) is 14.5. The fourth-order valence-electron chi connectivity index (χ4n) is 2.95. The van der Waals surface area contributed by atoms with E-state index in [1.165, 1.54) is 0 Å². The van der Waals surface area contributed by atoms with Gasteiger partial charge in [-0.3, -0.25) is 4.79 Å². The Labute approximate surface area is 129 Å². The Balaban J connectivity index is 2.25. The molecule has 22 heavy (non-hydrogen) atoms. The van der Waals surface area contributed by atoms with Gasteiger partial charge >= 0.3 is 0 Å². The first-order valence-corrected chi connectivity index (χ1v) is 7.19. The molecule has 5 nitrogen and oxygen atoms in total. The monoisotopic (exact) mass is 296 g/mol. The highest BCUT2D eigenvalue weighted by molar-refractivity contribution is 5.83. The van der Waals surface area contributed by atoms with Crippen LogP contribution in [-0.4, -0.2) is 14.1 Å². The van der Waals surface area contributed by atoms with E-state index in [-0.39, 0.29) is 5.56 Å². The summed E-state index contributed by atoms with van der Waals surface area (Å²) in [6.45, 7) is 3.92. The third-order valence-corrected chi connectivity index (χ3v) is 4.40. The lowest BCUT2D eigenvalue weighted by molar-refractivity contribution is 0.555. The Morgan fingerprint density at radius 2 is 1.95 bits per heavy atom. The van der Waals surface area contributed by atoms with Crippen LogP contribution in [0.3, 0.4) is 0 Å². The number of hydrogen-bond donors (Lipinski definition) is 1. The number of pyridine rings is 1. The number of hydrogen-bond acceptors (Lipinski definition) is 3. The van der Waals surface area contributed by atoms with Crippen LogP contribution < -0.4 is 11.3 Å². The van der Waals surface area contributed by atoms with Gasteiger partial charge < -0.3 is 14.9 Å². The van der Waals surface area contributed by atoms with Crippen molar-refractivity contribution in [1.29, 1.82) is 0 Å². The normalized spacial score (nSPS) is 14.2. The van der Waals surface area contributed by atoms with Crippen molar-refractivity contribution in [1.82, 2.24) is 14.1 Å². The molecule has 1 aromatic carbocycles. The second kappa shape index (κ2) is 4.81. The number of rotatable bonds is 2. The van der Waals surface area contributed by atoms with Gasteiger partial charge in [0.05, 0.1) is 29.3 Å². The summed E-state index contributed by atoms with van der Waals surface area (Å²) >= 11 is 0. The molecule has 0 bridgehead atoms. The van der Waals surface area contributed by atoms with Crippen molar-refractivity contribution < 1.29 is 0 Å². The maximum atomic E-state index is 11.9. The van der Waals surface area contributed by atoms with Crippen LogP contribution >= 0.6 is 0 Å². The summed E-state index contributed by atoms with van der Waals surface area (Å²) in [5, 5.41) is 1.04. The molecule has 1 unspecified atom stereocenters. The zero-order chi connectivity index (χ0) is 16.1. The molecule has 2 N–H and O–H groups in total. The lowest BCUT2D eigenvalue weighted by atomic mass is 9.88. The highest BCUT2D eigenvalue weighted by Crippen LogP contribution is 2.29. The number of nitrogens with two attached hydrogens (primary N) is 1. The fraction of sp³-hybridized carbons (Fsp3) is 0.294. The van der Waals surface area contributed by atoms with Gasteiger partial charge in [-0.25, -0.2) is 4.98 Å². The van der Waals surface area contributed by atoms with Crippen LogP contribution in [0.4, 0.5) is 0 Å². The van der Waals surface area contributed by atoms with E-state index in [0.717, 1.165) is 27.7 Å². The van der Waals surface area contributed by atoms with E-state index >= 15 is 0 Å². The number of benzene rings is 1. The molecule has 0 radical (unpaired) electrons. The molecule has 2 heterocycles. The van der Waals surface area contributed by atoms with Gasteiger partial charge in [-0.1, -0.05) is 6.07 Å². The molecule has 0 spiro atoms. The predicted octanol–water partition coefficient (Wildman–Crippen LogP) is 1.80. The quantitative estimate of drug-likeness (QED) is 0.784. The third-order valence-electron chi connectivity index (χ3n) is 4.40. The first-order chi connectivity index (χ1) is 10.3. The Morgan fingerprint density at radius 1 is 1.23 bits per heavy atom. The van der Waals surface area contributed by atoms with Crippen LogP contribution in [0.2, 0.25) is 0 Å². The third kappa shape index (κ3) is 2.05. The minimum absolute atomic E-state index is 0.0000974. The van der Waals surface area contributed by atoms with Gasteiger partial charge in [0.25, 0.3) is 5.56 Å². The summed E-state index contributed by atoms with van der Waals surface area (Å²) in [5.41, 5.74) is 9.73. The molecule has 2 aromatic heterocycles. The van der Waals surface area contributed by atoms with E-state index in [1.807, 2.05) is 37.6 Å². The number of fused-ring (bicyclic) bond motifs is 1. The van der Waals surface area contributed by atoms with Gasteiger partial charge in [0.1, 0.15) is 0 Å². The molecule has 114 valence electrons. The Kier molecular flexibility index (Phi) is 3.18. The average Bonchev–Trinajstić information content (AvgIpc) is 2.91. The summed E-state index contributed by atoms with van der Waals surface area (Å²) in [5.74, 6) is 0.